The summed E-state index contributed by atoms with van der Waals surface area (Å²) in [5.74, 6) is 2.92. The molecule has 1 fully saturated rings. The zero-order valence-corrected chi connectivity index (χ0v) is 17.7. The molecule has 4 rings (SSSR count). The molecule has 7 nitrogen and oxygen atoms in total. The smallest absolute Gasteiger partial charge is 0.247 e. The minimum absolute atomic E-state index is 0.0637. The van der Waals surface area contributed by atoms with Gasteiger partial charge in [0.1, 0.15) is 11.5 Å². The van der Waals surface area contributed by atoms with E-state index in [2.05, 4.69) is 39.1 Å². The highest BCUT2D eigenvalue weighted by molar-refractivity contribution is 5.58. The van der Waals surface area contributed by atoms with Gasteiger partial charge in [-0.15, -0.1) is 10.2 Å². The van der Waals surface area contributed by atoms with Crippen LogP contribution in [0, 0.1) is 0 Å². The topological polar surface area (TPSA) is 63.9 Å². The van der Waals surface area contributed by atoms with Crippen LogP contribution in [-0.4, -0.2) is 55.0 Å². The van der Waals surface area contributed by atoms with Crippen LogP contribution in [0.5, 0.6) is 11.5 Å². The molecule has 0 radical (unpaired) electrons. The number of hydrogen-bond donors (Lipinski definition) is 0. The minimum Gasteiger partial charge on any atom is -0.497 e. The molecule has 2 heterocycles. The third-order valence-corrected chi connectivity index (χ3v) is 5.50. The van der Waals surface area contributed by atoms with Gasteiger partial charge in [0.2, 0.25) is 11.8 Å². The van der Waals surface area contributed by atoms with Gasteiger partial charge < -0.3 is 18.8 Å². The number of aromatic nitrogens is 2. The molecule has 1 aromatic heterocycles. The predicted octanol–water partition coefficient (Wildman–Crippen LogP) is 4.03. The molecule has 0 saturated carbocycles. The van der Waals surface area contributed by atoms with E-state index in [1.807, 2.05) is 43.3 Å². The number of benzene rings is 2. The maximum atomic E-state index is 5.98. The Kier molecular flexibility index (Phi) is 6.18. The molecule has 2 aromatic carbocycles. The average Bonchev–Trinajstić information content (AvgIpc) is 3.30. The SMILES string of the molecule is CCOc1ccccc1N1CCN([C@@H](C)c2nnc(-c3ccc(OC)cc3)o2)CC1. The quantitative estimate of drug-likeness (QED) is 0.585. The lowest BCUT2D eigenvalue weighted by Gasteiger charge is -2.38. The van der Waals surface area contributed by atoms with E-state index in [9.17, 15) is 0 Å². The van der Waals surface area contributed by atoms with Crippen molar-refractivity contribution in [2.45, 2.75) is 19.9 Å². The maximum absolute atomic E-state index is 5.98. The predicted molar refractivity (Wildman–Crippen MR) is 116 cm³/mol. The third-order valence-electron chi connectivity index (χ3n) is 5.50. The molecule has 0 N–H and O–H groups in total. The Hall–Kier alpha value is -3.06. The molecule has 0 unspecified atom stereocenters. The van der Waals surface area contributed by atoms with E-state index in [4.69, 9.17) is 13.9 Å². The van der Waals surface area contributed by atoms with Gasteiger partial charge >= 0.3 is 0 Å². The summed E-state index contributed by atoms with van der Waals surface area (Å²) in [4.78, 5) is 4.76. The zero-order chi connectivity index (χ0) is 20.9. The zero-order valence-electron chi connectivity index (χ0n) is 17.7. The second-order valence-electron chi connectivity index (χ2n) is 7.27. The third kappa shape index (κ3) is 4.26. The van der Waals surface area contributed by atoms with Gasteiger partial charge in [0.25, 0.3) is 0 Å². The Bertz CT molecular complexity index is 949. The fraction of sp³-hybridized carbons (Fsp3) is 0.391. The molecule has 3 aromatic rings. The fourth-order valence-corrected chi connectivity index (χ4v) is 3.76. The van der Waals surface area contributed by atoms with Crippen molar-refractivity contribution in [1.29, 1.82) is 0 Å². The molecule has 7 heteroatoms. The van der Waals surface area contributed by atoms with Gasteiger partial charge in [-0.05, 0) is 50.2 Å². The summed E-state index contributed by atoms with van der Waals surface area (Å²) >= 11 is 0. The molecule has 0 aliphatic carbocycles. The number of para-hydroxylation sites is 2. The Morgan fingerprint density at radius 3 is 2.43 bits per heavy atom. The normalized spacial score (nSPS) is 15.8. The van der Waals surface area contributed by atoms with E-state index >= 15 is 0 Å². The first kappa shape index (κ1) is 20.2. The lowest BCUT2D eigenvalue weighted by Crippen LogP contribution is -2.47. The van der Waals surface area contributed by atoms with Crippen LogP contribution >= 0.6 is 0 Å². The number of ether oxygens (including phenoxy) is 2. The Balaban J connectivity index is 1.40. The number of methoxy groups -OCH3 is 1. The molecule has 1 aliphatic rings. The van der Waals surface area contributed by atoms with Gasteiger partial charge in [0, 0.05) is 31.7 Å². The monoisotopic (exact) mass is 408 g/mol. The van der Waals surface area contributed by atoms with Gasteiger partial charge in [0.15, 0.2) is 0 Å². The van der Waals surface area contributed by atoms with Crippen LogP contribution in [0.3, 0.4) is 0 Å². The first-order valence-corrected chi connectivity index (χ1v) is 10.4. The molecule has 0 amide bonds. The number of hydrogen-bond acceptors (Lipinski definition) is 7. The first-order valence-electron chi connectivity index (χ1n) is 10.4. The van der Waals surface area contributed by atoms with Crippen molar-refractivity contribution < 1.29 is 13.9 Å². The van der Waals surface area contributed by atoms with Crippen LogP contribution in [0.2, 0.25) is 0 Å². The second kappa shape index (κ2) is 9.17. The van der Waals surface area contributed by atoms with E-state index < -0.39 is 0 Å². The summed E-state index contributed by atoms with van der Waals surface area (Å²) in [6.45, 7) is 8.49. The Morgan fingerprint density at radius 2 is 1.73 bits per heavy atom. The van der Waals surface area contributed by atoms with Crippen LogP contribution in [0.15, 0.2) is 52.9 Å². The van der Waals surface area contributed by atoms with Crippen molar-refractivity contribution in [3.05, 3.63) is 54.4 Å². The summed E-state index contributed by atoms with van der Waals surface area (Å²) in [5.41, 5.74) is 2.05. The number of anilines is 1. The van der Waals surface area contributed by atoms with Crippen molar-refractivity contribution in [3.63, 3.8) is 0 Å². The van der Waals surface area contributed by atoms with E-state index in [-0.39, 0.29) is 6.04 Å². The van der Waals surface area contributed by atoms with Crippen molar-refractivity contribution in [3.8, 4) is 23.0 Å². The molecule has 1 aliphatic heterocycles. The summed E-state index contributed by atoms with van der Waals surface area (Å²) in [6, 6.07) is 15.9. The Labute approximate surface area is 177 Å². The van der Waals surface area contributed by atoms with Gasteiger partial charge in [0.05, 0.1) is 25.4 Å². The molecular formula is C23H28N4O3. The van der Waals surface area contributed by atoms with Crippen molar-refractivity contribution >= 4 is 5.69 Å². The summed E-state index contributed by atoms with van der Waals surface area (Å²) < 4.78 is 17.0. The summed E-state index contributed by atoms with van der Waals surface area (Å²) in [5, 5.41) is 8.54. The highest BCUT2D eigenvalue weighted by Crippen LogP contribution is 2.31. The molecule has 1 saturated heterocycles. The van der Waals surface area contributed by atoms with Crippen LogP contribution in [0.25, 0.3) is 11.5 Å². The molecular weight excluding hydrogens is 380 g/mol. The van der Waals surface area contributed by atoms with Gasteiger partial charge in [-0.2, -0.15) is 0 Å². The highest BCUT2D eigenvalue weighted by atomic mass is 16.5. The number of piperazine rings is 1. The van der Waals surface area contributed by atoms with Crippen LogP contribution in [0.4, 0.5) is 5.69 Å². The van der Waals surface area contributed by atoms with Crippen molar-refractivity contribution in [2.75, 3.05) is 44.8 Å². The largest absolute Gasteiger partial charge is 0.497 e. The van der Waals surface area contributed by atoms with Crippen LogP contribution in [-0.2, 0) is 0 Å². The lowest BCUT2D eigenvalue weighted by molar-refractivity contribution is 0.173. The van der Waals surface area contributed by atoms with Crippen molar-refractivity contribution in [1.82, 2.24) is 15.1 Å². The summed E-state index contributed by atoms with van der Waals surface area (Å²) in [7, 11) is 1.65. The molecule has 1 atom stereocenters. The standard InChI is InChI=1S/C23H28N4O3/c1-4-29-21-8-6-5-7-20(21)27-15-13-26(14-16-27)17(2)22-24-25-23(30-22)18-9-11-19(28-3)12-10-18/h5-12,17H,4,13-16H2,1-3H3/t17-/m0/s1. The fourth-order valence-electron chi connectivity index (χ4n) is 3.76. The molecule has 0 spiro atoms. The van der Waals surface area contributed by atoms with E-state index in [1.165, 1.54) is 0 Å². The second-order valence-corrected chi connectivity index (χ2v) is 7.27. The van der Waals surface area contributed by atoms with Gasteiger partial charge in [-0.1, -0.05) is 12.1 Å². The maximum Gasteiger partial charge on any atom is 0.247 e. The Morgan fingerprint density at radius 1 is 1.00 bits per heavy atom. The first-order chi connectivity index (χ1) is 14.7. The molecule has 30 heavy (non-hydrogen) atoms. The minimum atomic E-state index is 0.0637. The van der Waals surface area contributed by atoms with Crippen LogP contribution in [0.1, 0.15) is 25.8 Å². The number of rotatable bonds is 7. The van der Waals surface area contributed by atoms with E-state index in [0.717, 1.165) is 48.9 Å². The number of nitrogens with zero attached hydrogens (tertiary/aromatic N) is 4. The van der Waals surface area contributed by atoms with E-state index in [0.29, 0.717) is 18.4 Å². The highest BCUT2D eigenvalue weighted by Gasteiger charge is 2.27. The van der Waals surface area contributed by atoms with Gasteiger partial charge in [-0.3, -0.25) is 4.90 Å². The molecule has 0 bridgehead atoms. The van der Waals surface area contributed by atoms with Gasteiger partial charge in [-0.25, -0.2) is 0 Å². The van der Waals surface area contributed by atoms with E-state index in [1.54, 1.807) is 7.11 Å². The van der Waals surface area contributed by atoms with Crippen molar-refractivity contribution in [2.24, 2.45) is 0 Å². The van der Waals surface area contributed by atoms with Crippen LogP contribution < -0.4 is 14.4 Å². The average molecular weight is 409 g/mol. The summed E-state index contributed by atoms with van der Waals surface area (Å²) in [6.07, 6.45) is 0. The molecule has 158 valence electrons. The lowest BCUT2D eigenvalue weighted by atomic mass is 10.2.